The minimum absolute atomic E-state index is 0.0949. The quantitative estimate of drug-likeness (QED) is 0.581. The van der Waals surface area contributed by atoms with Gasteiger partial charge in [0.15, 0.2) is 6.29 Å². The molecule has 16 heavy (non-hydrogen) atoms. The molecule has 0 amide bonds. The summed E-state index contributed by atoms with van der Waals surface area (Å²) >= 11 is 0. The maximum absolute atomic E-state index is 5.79. The summed E-state index contributed by atoms with van der Waals surface area (Å²) in [5, 5.41) is 0. The summed E-state index contributed by atoms with van der Waals surface area (Å²) < 4.78 is 11.6. The second kappa shape index (κ2) is 8.08. The van der Waals surface area contributed by atoms with Gasteiger partial charge in [0.1, 0.15) is 0 Å². The van der Waals surface area contributed by atoms with Gasteiger partial charge in [-0.2, -0.15) is 0 Å². The Morgan fingerprint density at radius 1 is 0.625 bits per heavy atom. The van der Waals surface area contributed by atoms with Crippen molar-refractivity contribution in [2.75, 3.05) is 0 Å². The standard InChI is InChI=1S/C14H30O2/c1-10(2)8-12(5)15-14(7)16-13(6)9-11(3)4/h10-14H,8-9H2,1-7H3. The molecule has 0 spiro atoms. The van der Waals surface area contributed by atoms with Crippen molar-refractivity contribution in [2.24, 2.45) is 11.8 Å². The van der Waals surface area contributed by atoms with Gasteiger partial charge in [-0.3, -0.25) is 0 Å². The van der Waals surface area contributed by atoms with Crippen molar-refractivity contribution in [1.29, 1.82) is 0 Å². The largest absolute Gasteiger partial charge is 0.350 e. The molecule has 2 atom stereocenters. The average Bonchev–Trinajstić information content (AvgIpc) is 1.97. The summed E-state index contributed by atoms with van der Waals surface area (Å²) in [6.45, 7) is 15.1. The Morgan fingerprint density at radius 3 is 1.19 bits per heavy atom. The first-order valence-electron chi connectivity index (χ1n) is 6.62. The van der Waals surface area contributed by atoms with Crippen LogP contribution in [0.3, 0.4) is 0 Å². The van der Waals surface area contributed by atoms with Gasteiger partial charge in [-0.1, -0.05) is 27.7 Å². The molecule has 2 unspecified atom stereocenters. The van der Waals surface area contributed by atoms with E-state index in [1.165, 1.54) is 0 Å². The zero-order valence-electron chi connectivity index (χ0n) is 12.1. The van der Waals surface area contributed by atoms with Gasteiger partial charge in [0.05, 0.1) is 12.2 Å². The first kappa shape index (κ1) is 15.9. The van der Waals surface area contributed by atoms with Crippen molar-refractivity contribution in [2.45, 2.75) is 79.8 Å². The van der Waals surface area contributed by atoms with Crippen LogP contribution in [-0.2, 0) is 9.47 Å². The van der Waals surface area contributed by atoms with Crippen LogP contribution in [0.25, 0.3) is 0 Å². The molecule has 0 N–H and O–H groups in total. The van der Waals surface area contributed by atoms with Crippen LogP contribution in [0, 0.1) is 11.8 Å². The SMILES string of the molecule is CC(C)CC(C)OC(C)OC(C)CC(C)C. The van der Waals surface area contributed by atoms with Crippen LogP contribution < -0.4 is 0 Å². The van der Waals surface area contributed by atoms with Crippen LogP contribution in [0.15, 0.2) is 0 Å². The van der Waals surface area contributed by atoms with E-state index in [-0.39, 0.29) is 18.5 Å². The molecule has 0 saturated heterocycles. The molecule has 98 valence electrons. The van der Waals surface area contributed by atoms with E-state index in [4.69, 9.17) is 9.47 Å². The Kier molecular flexibility index (Phi) is 8.04. The fraction of sp³-hybridized carbons (Fsp3) is 1.00. The van der Waals surface area contributed by atoms with E-state index in [2.05, 4.69) is 41.5 Å². The van der Waals surface area contributed by atoms with Gasteiger partial charge in [0.2, 0.25) is 0 Å². The summed E-state index contributed by atoms with van der Waals surface area (Å²) in [6.07, 6.45) is 2.64. The molecule has 0 fully saturated rings. The Balaban J connectivity index is 3.75. The first-order valence-corrected chi connectivity index (χ1v) is 6.62. The number of rotatable bonds is 8. The topological polar surface area (TPSA) is 18.5 Å². The van der Waals surface area contributed by atoms with Crippen LogP contribution in [0.2, 0.25) is 0 Å². The molecule has 0 aromatic carbocycles. The van der Waals surface area contributed by atoms with E-state index >= 15 is 0 Å². The van der Waals surface area contributed by atoms with E-state index in [0.717, 1.165) is 12.8 Å². The Bertz CT molecular complexity index is 148. The van der Waals surface area contributed by atoms with E-state index in [1.54, 1.807) is 0 Å². The molecule has 0 bridgehead atoms. The predicted molar refractivity (Wildman–Crippen MR) is 69.5 cm³/mol. The maximum Gasteiger partial charge on any atom is 0.155 e. The third-order valence-corrected chi connectivity index (χ3v) is 2.45. The van der Waals surface area contributed by atoms with Gasteiger partial charge < -0.3 is 9.47 Å². The molecule has 0 aliphatic rings. The molecule has 0 rings (SSSR count). The van der Waals surface area contributed by atoms with Gasteiger partial charge in [0.25, 0.3) is 0 Å². The molecule has 0 aromatic heterocycles. The summed E-state index contributed by atoms with van der Waals surface area (Å²) in [4.78, 5) is 0. The first-order chi connectivity index (χ1) is 7.31. The van der Waals surface area contributed by atoms with Gasteiger partial charge in [-0.15, -0.1) is 0 Å². The molecule has 0 saturated carbocycles. The molecule has 0 heterocycles. The molecule has 0 aliphatic heterocycles. The van der Waals surface area contributed by atoms with Crippen molar-refractivity contribution in [3.8, 4) is 0 Å². The third kappa shape index (κ3) is 9.17. The van der Waals surface area contributed by atoms with Crippen LogP contribution in [0.1, 0.15) is 61.3 Å². The molecule has 2 heteroatoms. The molecular formula is C14H30O2. The molecular weight excluding hydrogens is 200 g/mol. The molecule has 0 radical (unpaired) electrons. The monoisotopic (exact) mass is 230 g/mol. The van der Waals surface area contributed by atoms with Gasteiger partial charge >= 0.3 is 0 Å². The van der Waals surface area contributed by atoms with Crippen LogP contribution in [-0.4, -0.2) is 18.5 Å². The Hall–Kier alpha value is -0.0800. The zero-order chi connectivity index (χ0) is 12.7. The van der Waals surface area contributed by atoms with Crippen molar-refractivity contribution in [1.82, 2.24) is 0 Å². The summed E-state index contributed by atoms with van der Waals surface area (Å²) in [5.74, 6) is 1.35. The van der Waals surface area contributed by atoms with Crippen molar-refractivity contribution >= 4 is 0 Å². The fourth-order valence-electron chi connectivity index (χ4n) is 2.13. The lowest BCUT2D eigenvalue weighted by atomic mass is 10.1. The molecule has 0 aromatic rings. The Morgan fingerprint density at radius 2 is 0.938 bits per heavy atom. The number of hydrogen-bond acceptors (Lipinski definition) is 2. The van der Waals surface area contributed by atoms with Crippen LogP contribution >= 0.6 is 0 Å². The van der Waals surface area contributed by atoms with Gasteiger partial charge in [-0.25, -0.2) is 0 Å². The molecule has 0 aliphatic carbocycles. The van der Waals surface area contributed by atoms with Crippen molar-refractivity contribution in [3.05, 3.63) is 0 Å². The lowest BCUT2D eigenvalue weighted by molar-refractivity contribution is -0.182. The average molecular weight is 230 g/mol. The fourth-order valence-corrected chi connectivity index (χ4v) is 2.13. The summed E-state index contributed by atoms with van der Waals surface area (Å²) in [6, 6.07) is 0. The normalized spacial score (nSPS) is 17.8. The second-order valence-corrected chi connectivity index (χ2v) is 5.72. The minimum Gasteiger partial charge on any atom is -0.350 e. The third-order valence-electron chi connectivity index (χ3n) is 2.45. The highest BCUT2D eigenvalue weighted by molar-refractivity contribution is 4.57. The van der Waals surface area contributed by atoms with Crippen LogP contribution in [0.5, 0.6) is 0 Å². The van der Waals surface area contributed by atoms with Crippen LogP contribution in [0.4, 0.5) is 0 Å². The Labute approximate surface area is 102 Å². The summed E-state index contributed by atoms with van der Waals surface area (Å²) in [5.41, 5.74) is 0. The lowest BCUT2D eigenvalue weighted by Gasteiger charge is -2.24. The highest BCUT2D eigenvalue weighted by Crippen LogP contribution is 2.14. The molecule has 2 nitrogen and oxygen atoms in total. The van der Waals surface area contributed by atoms with Crippen molar-refractivity contribution < 1.29 is 9.47 Å². The number of ether oxygens (including phenoxy) is 2. The van der Waals surface area contributed by atoms with E-state index in [9.17, 15) is 0 Å². The second-order valence-electron chi connectivity index (χ2n) is 5.72. The summed E-state index contributed by atoms with van der Waals surface area (Å²) in [7, 11) is 0. The maximum atomic E-state index is 5.79. The highest BCUT2D eigenvalue weighted by atomic mass is 16.7. The van der Waals surface area contributed by atoms with E-state index in [0.29, 0.717) is 11.8 Å². The van der Waals surface area contributed by atoms with E-state index in [1.807, 2.05) is 6.92 Å². The van der Waals surface area contributed by atoms with Gasteiger partial charge in [0, 0.05) is 0 Å². The minimum atomic E-state index is -0.0949. The highest BCUT2D eigenvalue weighted by Gasteiger charge is 2.14. The zero-order valence-corrected chi connectivity index (χ0v) is 12.1. The van der Waals surface area contributed by atoms with E-state index < -0.39 is 0 Å². The van der Waals surface area contributed by atoms with Crippen molar-refractivity contribution in [3.63, 3.8) is 0 Å². The smallest absolute Gasteiger partial charge is 0.155 e. The predicted octanol–water partition coefficient (Wildman–Crippen LogP) is 4.23. The lowest BCUT2D eigenvalue weighted by Crippen LogP contribution is -2.25. The van der Waals surface area contributed by atoms with Gasteiger partial charge in [-0.05, 0) is 45.4 Å². The number of hydrogen-bond donors (Lipinski definition) is 0.